The molecule has 1 atom stereocenters. The van der Waals surface area contributed by atoms with Crippen molar-refractivity contribution in [3.05, 3.63) is 27.7 Å². The van der Waals surface area contributed by atoms with E-state index in [1.807, 2.05) is 39.8 Å². The van der Waals surface area contributed by atoms with Gasteiger partial charge in [0, 0.05) is 16.6 Å². The maximum Gasteiger partial charge on any atom is 0.223 e. The van der Waals surface area contributed by atoms with E-state index in [1.54, 1.807) is 0 Å². The van der Waals surface area contributed by atoms with Gasteiger partial charge in [-0.15, -0.1) is 0 Å². The van der Waals surface area contributed by atoms with Crippen LogP contribution >= 0.6 is 15.9 Å². The number of hydrogen-bond acceptors (Lipinski definition) is 3. The summed E-state index contributed by atoms with van der Waals surface area (Å²) in [4.78, 5) is 11.6. The molecule has 0 aromatic heterocycles. The summed E-state index contributed by atoms with van der Waals surface area (Å²) >= 11 is 3.50. The van der Waals surface area contributed by atoms with E-state index >= 15 is 0 Å². The average Bonchev–Trinajstić information content (AvgIpc) is 2.30. The molecule has 0 saturated heterocycles. The molecule has 0 aliphatic rings. The van der Waals surface area contributed by atoms with Crippen molar-refractivity contribution in [2.75, 3.05) is 6.61 Å². The lowest BCUT2D eigenvalue weighted by Crippen LogP contribution is -2.31. The molecule has 0 aliphatic carbocycles. The van der Waals surface area contributed by atoms with Crippen LogP contribution in [-0.2, 0) is 11.2 Å². The molecule has 4 nitrogen and oxygen atoms in total. The predicted molar refractivity (Wildman–Crippen MR) is 89.6 cm³/mol. The van der Waals surface area contributed by atoms with Crippen molar-refractivity contribution in [3.63, 3.8) is 0 Å². The molecule has 1 amide bonds. The topological polar surface area (TPSA) is 64.3 Å². The minimum atomic E-state index is 0.00788. The number of halogens is 1. The zero-order valence-electron chi connectivity index (χ0n) is 13.2. The van der Waals surface area contributed by atoms with Gasteiger partial charge >= 0.3 is 0 Å². The van der Waals surface area contributed by atoms with Crippen LogP contribution < -0.4 is 15.8 Å². The van der Waals surface area contributed by atoms with Crippen LogP contribution in [0.1, 0.15) is 38.3 Å². The maximum absolute atomic E-state index is 11.6. The number of amides is 1. The first-order chi connectivity index (χ1) is 9.79. The second-order valence-corrected chi connectivity index (χ2v) is 6.63. The predicted octanol–water partition coefficient (Wildman–Crippen LogP) is 2.94. The van der Waals surface area contributed by atoms with E-state index in [0.29, 0.717) is 13.0 Å². The van der Waals surface area contributed by atoms with E-state index in [1.165, 1.54) is 0 Å². The number of nitrogens with two attached hydrogens (primary N) is 1. The van der Waals surface area contributed by atoms with Gasteiger partial charge in [-0.3, -0.25) is 4.79 Å². The summed E-state index contributed by atoms with van der Waals surface area (Å²) in [7, 11) is 0. The summed E-state index contributed by atoms with van der Waals surface area (Å²) in [5.74, 6) is 0.848. The van der Waals surface area contributed by atoms with E-state index in [-0.39, 0.29) is 18.0 Å². The number of aryl methyl sites for hydroxylation is 1. The zero-order chi connectivity index (χ0) is 16.0. The molecule has 1 unspecified atom stereocenters. The SMILES string of the molecule is Cc1cc(Br)cc(CC(C)N)c1OCCC(=O)NC(C)C. The zero-order valence-corrected chi connectivity index (χ0v) is 14.8. The highest BCUT2D eigenvalue weighted by atomic mass is 79.9. The minimum Gasteiger partial charge on any atom is -0.492 e. The Morgan fingerprint density at radius 3 is 2.62 bits per heavy atom. The van der Waals surface area contributed by atoms with Crippen LogP contribution in [0.3, 0.4) is 0 Å². The normalized spacial score (nSPS) is 12.3. The Labute approximate surface area is 135 Å². The standard InChI is InChI=1S/C16H25BrN2O2/c1-10(2)19-15(20)5-6-21-16-11(3)7-14(17)9-13(16)8-12(4)18/h7,9-10,12H,5-6,8,18H2,1-4H3,(H,19,20). The van der Waals surface area contributed by atoms with Crippen molar-refractivity contribution in [1.29, 1.82) is 0 Å². The molecule has 0 fully saturated rings. The molecular formula is C16H25BrN2O2. The largest absolute Gasteiger partial charge is 0.492 e. The monoisotopic (exact) mass is 356 g/mol. The van der Waals surface area contributed by atoms with Crippen molar-refractivity contribution in [2.45, 2.75) is 52.6 Å². The third-order valence-electron chi connectivity index (χ3n) is 2.88. The summed E-state index contributed by atoms with van der Waals surface area (Å²) in [6.07, 6.45) is 1.10. The second kappa shape index (κ2) is 8.39. The fourth-order valence-corrected chi connectivity index (χ4v) is 2.76. The van der Waals surface area contributed by atoms with Gasteiger partial charge in [0.25, 0.3) is 0 Å². The molecule has 3 N–H and O–H groups in total. The Kier molecular flexibility index (Phi) is 7.18. The Hall–Kier alpha value is -1.07. The minimum absolute atomic E-state index is 0.00788. The summed E-state index contributed by atoms with van der Waals surface area (Å²) in [5, 5.41) is 2.85. The fourth-order valence-electron chi connectivity index (χ4n) is 2.14. The molecule has 0 radical (unpaired) electrons. The quantitative estimate of drug-likeness (QED) is 0.789. The van der Waals surface area contributed by atoms with Gasteiger partial charge in [-0.2, -0.15) is 0 Å². The van der Waals surface area contributed by atoms with E-state index < -0.39 is 0 Å². The Morgan fingerprint density at radius 2 is 2.05 bits per heavy atom. The van der Waals surface area contributed by atoms with Gasteiger partial charge in [-0.1, -0.05) is 15.9 Å². The summed E-state index contributed by atoms with van der Waals surface area (Å²) < 4.78 is 6.85. The number of benzene rings is 1. The van der Waals surface area contributed by atoms with Crippen molar-refractivity contribution in [1.82, 2.24) is 5.32 Å². The smallest absolute Gasteiger partial charge is 0.223 e. The number of hydrogen-bond donors (Lipinski definition) is 2. The first-order valence-electron chi connectivity index (χ1n) is 7.26. The van der Waals surface area contributed by atoms with E-state index in [4.69, 9.17) is 10.5 Å². The third-order valence-corrected chi connectivity index (χ3v) is 3.34. The molecular weight excluding hydrogens is 332 g/mol. The second-order valence-electron chi connectivity index (χ2n) is 5.71. The molecule has 5 heteroatoms. The first-order valence-corrected chi connectivity index (χ1v) is 8.05. The molecule has 0 aliphatic heterocycles. The Morgan fingerprint density at radius 1 is 1.38 bits per heavy atom. The number of rotatable bonds is 7. The van der Waals surface area contributed by atoms with Gasteiger partial charge in [0.1, 0.15) is 5.75 Å². The highest BCUT2D eigenvalue weighted by Gasteiger charge is 2.12. The van der Waals surface area contributed by atoms with Crippen LogP contribution in [-0.4, -0.2) is 24.6 Å². The Balaban J connectivity index is 2.71. The van der Waals surface area contributed by atoms with Crippen LogP contribution in [0, 0.1) is 6.92 Å². The average molecular weight is 357 g/mol. The van der Waals surface area contributed by atoms with Gasteiger partial charge in [-0.25, -0.2) is 0 Å². The van der Waals surface area contributed by atoms with Gasteiger partial charge in [0.05, 0.1) is 13.0 Å². The fraction of sp³-hybridized carbons (Fsp3) is 0.562. The van der Waals surface area contributed by atoms with Crippen molar-refractivity contribution in [2.24, 2.45) is 5.73 Å². The lowest BCUT2D eigenvalue weighted by Gasteiger charge is -2.16. The van der Waals surface area contributed by atoms with Crippen LogP contribution in [0.5, 0.6) is 5.75 Å². The summed E-state index contributed by atoms with van der Waals surface area (Å²) in [5.41, 5.74) is 8.01. The highest BCUT2D eigenvalue weighted by molar-refractivity contribution is 9.10. The van der Waals surface area contributed by atoms with E-state index in [2.05, 4.69) is 21.2 Å². The van der Waals surface area contributed by atoms with Crippen LogP contribution in [0.4, 0.5) is 0 Å². The van der Waals surface area contributed by atoms with Gasteiger partial charge in [-0.05, 0) is 57.4 Å². The first kappa shape index (κ1) is 18.0. The lowest BCUT2D eigenvalue weighted by atomic mass is 10.0. The molecule has 21 heavy (non-hydrogen) atoms. The molecule has 0 heterocycles. The maximum atomic E-state index is 11.6. The molecule has 1 aromatic rings. The van der Waals surface area contributed by atoms with Crippen molar-refractivity contribution >= 4 is 21.8 Å². The van der Waals surface area contributed by atoms with Crippen molar-refractivity contribution < 1.29 is 9.53 Å². The molecule has 0 saturated carbocycles. The van der Waals surface area contributed by atoms with Gasteiger partial charge < -0.3 is 15.8 Å². The van der Waals surface area contributed by atoms with Crippen LogP contribution in [0.25, 0.3) is 0 Å². The molecule has 0 bridgehead atoms. The van der Waals surface area contributed by atoms with E-state index in [9.17, 15) is 4.79 Å². The number of ether oxygens (including phenoxy) is 1. The number of carbonyl (C=O) groups is 1. The van der Waals surface area contributed by atoms with Crippen LogP contribution in [0.2, 0.25) is 0 Å². The number of nitrogens with one attached hydrogen (secondary N) is 1. The lowest BCUT2D eigenvalue weighted by molar-refractivity contribution is -0.122. The van der Waals surface area contributed by atoms with Gasteiger partial charge in [0.2, 0.25) is 5.91 Å². The Bertz CT molecular complexity index is 487. The molecule has 0 spiro atoms. The third kappa shape index (κ3) is 6.48. The summed E-state index contributed by atoms with van der Waals surface area (Å²) in [6.45, 7) is 8.22. The van der Waals surface area contributed by atoms with Crippen LogP contribution in [0.15, 0.2) is 16.6 Å². The van der Waals surface area contributed by atoms with Gasteiger partial charge in [0.15, 0.2) is 0 Å². The molecule has 1 rings (SSSR count). The number of carbonyl (C=O) groups excluding carboxylic acids is 1. The molecule has 118 valence electrons. The van der Waals surface area contributed by atoms with E-state index in [0.717, 1.165) is 27.8 Å². The van der Waals surface area contributed by atoms with Crippen molar-refractivity contribution in [3.8, 4) is 5.75 Å². The molecule has 1 aromatic carbocycles. The summed E-state index contributed by atoms with van der Waals surface area (Å²) in [6, 6.07) is 4.25. The highest BCUT2D eigenvalue weighted by Crippen LogP contribution is 2.29.